The van der Waals surface area contributed by atoms with Crippen molar-refractivity contribution in [2.45, 2.75) is 33.7 Å². The summed E-state index contributed by atoms with van der Waals surface area (Å²) in [7, 11) is 0. The van der Waals surface area contributed by atoms with E-state index in [2.05, 4.69) is 48.1 Å². The lowest BCUT2D eigenvalue weighted by molar-refractivity contribution is 0.598. The summed E-state index contributed by atoms with van der Waals surface area (Å²) in [4.78, 5) is 4.51. The molecule has 1 heterocycles. The van der Waals surface area contributed by atoms with E-state index in [9.17, 15) is 0 Å². The first-order valence-corrected chi connectivity index (χ1v) is 7.22. The molecule has 1 unspecified atom stereocenters. The number of hydrogen-bond acceptors (Lipinski definition) is 3. The summed E-state index contributed by atoms with van der Waals surface area (Å²) in [6, 6.07) is 0.458. The van der Waals surface area contributed by atoms with Gasteiger partial charge in [-0.25, -0.2) is 4.98 Å². The van der Waals surface area contributed by atoms with Gasteiger partial charge in [0, 0.05) is 18.8 Å². The van der Waals surface area contributed by atoms with Crippen LogP contribution >= 0.6 is 11.8 Å². The Kier molecular flexibility index (Phi) is 5.19. The summed E-state index contributed by atoms with van der Waals surface area (Å²) in [6.45, 7) is 9.65. The third kappa shape index (κ3) is 3.74. The minimum absolute atomic E-state index is 0.458. The van der Waals surface area contributed by atoms with Crippen molar-refractivity contribution in [2.75, 3.05) is 23.9 Å². The van der Waals surface area contributed by atoms with Crippen molar-refractivity contribution in [1.82, 2.24) is 9.55 Å². The van der Waals surface area contributed by atoms with Crippen LogP contribution in [0.1, 0.15) is 32.5 Å². The van der Waals surface area contributed by atoms with Gasteiger partial charge in [-0.1, -0.05) is 6.92 Å². The molecule has 0 fully saturated rings. The summed E-state index contributed by atoms with van der Waals surface area (Å²) in [5.41, 5.74) is 1.08. The first-order valence-electron chi connectivity index (χ1n) is 5.82. The third-order valence-corrected chi connectivity index (χ3v) is 3.37. The number of nitrogens with one attached hydrogen (secondary N) is 1. The van der Waals surface area contributed by atoms with Crippen molar-refractivity contribution in [1.29, 1.82) is 0 Å². The Morgan fingerprint density at radius 2 is 2.12 bits per heavy atom. The predicted molar refractivity (Wildman–Crippen MR) is 73.4 cm³/mol. The monoisotopic (exact) mass is 241 g/mol. The van der Waals surface area contributed by atoms with Gasteiger partial charge in [-0.15, -0.1) is 0 Å². The Morgan fingerprint density at radius 1 is 1.44 bits per heavy atom. The molecule has 1 rings (SSSR count). The SMILES string of the molecule is CSCC(C)CNc1nc(C)cn1C(C)C. The van der Waals surface area contributed by atoms with Gasteiger partial charge in [-0.3, -0.25) is 0 Å². The Balaban J connectivity index is 2.59. The maximum Gasteiger partial charge on any atom is 0.203 e. The van der Waals surface area contributed by atoms with Crippen LogP contribution in [-0.2, 0) is 0 Å². The third-order valence-electron chi connectivity index (χ3n) is 2.47. The minimum Gasteiger partial charge on any atom is -0.355 e. The topological polar surface area (TPSA) is 29.9 Å². The molecular weight excluding hydrogens is 218 g/mol. The zero-order valence-corrected chi connectivity index (χ0v) is 11.8. The number of nitrogens with zero attached hydrogens (tertiary/aromatic N) is 2. The first-order chi connectivity index (χ1) is 7.54. The van der Waals surface area contributed by atoms with Gasteiger partial charge in [0.1, 0.15) is 0 Å². The average molecular weight is 241 g/mol. The fourth-order valence-electron chi connectivity index (χ4n) is 1.65. The number of aryl methyl sites for hydroxylation is 1. The van der Waals surface area contributed by atoms with Crippen LogP contribution in [0.4, 0.5) is 5.95 Å². The highest BCUT2D eigenvalue weighted by atomic mass is 32.2. The Bertz CT molecular complexity index is 320. The highest BCUT2D eigenvalue weighted by molar-refractivity contribution is 7.98. The summed E-state index contributed by atoms with van der Waals surface area (Å²) < 4.78 is 2.20. The molecule has 0 bridgehead atoms. The summed E-state index contributed by atoms with van der Waals surface area (Å²) in [5, 5.41) is 3.44. The van der Waals surface area contributed by atoms with Crippen molar-refractivity contribution in [3.05, 3.63) is 11.9 Å². The van der Waals surface area contributed by atoms with Crippen LogP contribution in [0.15, 0.2) is 6.20 Å². The van der Waals surface area contributed by atoms with Gasteiger partial charge < -0.3 is 9.88 Å². The second-order valence-corrected chi connectivity index (χ2v) is 5.56. The molecule has 1 N–H and O–H groups in total. The van der Waals surface area contributed by atoms with Crippen LogP contribution < -0.4 is 5.32 Å². The standard InChI is InChI=1S/C12H23N3S/c1-9(2)15-7-11(4)14-12(15)13-6-10(3)8-16-5/h7,9-10H,6,8H2,1-5H3,(H,13,14). The number of hydrogen-bond donors (Lipinski definition) is 1. The van der Waals surface area contributed by atoms with Gasteiger partial charge >= 0.3 is 0 Å². The molecule has 0 aliphatic heterocycles. The molecule has 92 valence electrons. The first kappa shape index (κ1) is 13.4. The highest BCUT2D eigenvalue weighted by Gasteiger charge is 2.09. The maximum atomic E-state index is 4.51. The minimum atomic E-state index is 0.458. The average Bonchev–Trinajstić information content (AvgIpc) is 2.57. The van der Waals surface area contributed by atoms with E-state index >= 15 is 0 Å². The molecule has 1 atom stereocenters. The van der Waals surface area contributed by atoms with E-state index in [1.807, 2.05) is 18.7 Å². The van der Waals surface area contributed by atoms with Crippen LogP contribution in [-0.4, -0.2) is 28.1 Å². The largest absolute Gasteiger partial charge is 0.355 e. The van der Waals surface area contributed by atoms with E-state index in [4.69, 9.17) is 0 Å². The molecule has 0 saturated carbocycles. The Labute approximate surface area is 103 Å². The predicted octanol–water partition coefficient (Wildman–Crippen LogP) is 3.18. The van der Waals surface area contributed by atoms with E-state index in [1.165, 1.54) is 5.75 Å². The molecule has 1 aromatic rings. The lowest BCUT2D eigenvalue weighted by atomic mass is 10.2. The molecule has 0 aliphatic carbocycles. The molecule has 0 spiro atoms. The van der Waals surface area contributed by atoms with Crippen molar-refractivity contribution in [3.63, 3.8) is 0 Å². The van der Waals surface area contributed by atoms with E-state index in [0.29, 0.717) is 12.0 Å². The van der Waals surface area contributed by atoms with Gasteiger partial charge in [0.25, 0.3) is 0 Å². The van der Waals surface area contributed by atoms with Crippen molar-refractivity contribution >= 4 is 17.7 Å². The van der Waals surface area contributed by atoms with Crippen LogP contribution in [0.2, 0.25) is 0 Å². The number of thioether (sulfide) groups is 1. The molecule has 0 saturated heterocycles. The molecule has 0 amide bonds. The number of imidazole rings is 1. The van der Waals surface area contributed by atoms with Gasteiger partial charge in [-0.2, -0.15) is 11.8 Å². The van der Waals surface area contributed by atoms with Gasteiger partial charge in [0.15, 0.2) is 0 Å². The molecule has 4 heteroatoms. The quantitative estimate of drug-likeness (QED) is 0.829. The zero-order chi connectivity index (χ0) is 12.1. The van der Waals surface area contributed by atoms with Gasteiger partial charge in [0.05, 0.1) is 5.69 Å². The number of rotatable bonds is 6. The molecule has 0 radical (unpaired) electrons. The fourth-order valence-corrected chi connectivity index (χ4v) is 2.34. The van der Waals surface area contributed by atoms with Gasteiger partial charge in [0.2, 0.25) is 5.95 Å². The Hall–Kier alpha value is -0.640. The maximum absolute atomic E-state index is 4.51. The number of anilines is 1. The molecule has 0 aliphatic rings. The second kappa shape index (κ2) is 6.18. The highest BCUT2D eigenvalue weighted by Crippen LogP contribution is 2.16. The van der Waals surface area contributed by atoms with Gasteiger partial charge in [-0.05, 0) is 38.7 Å². The molecular formula is C12H23N3S. The number of aromatic nitrogens is 2. The molecule has 1 aromatic heterocycles. The molecule has 0 aromatic carbocycles. The van der Waals surface area contributed by atoms with E-state index in [-0.39, 0.29) is 0 Å². The van der Waals surface area contributed by atoms with Crippen LogP contribution in [0.5, 0.6) is 0 Å². The summed E-state index contributed by atoms with van der Waals surface area (Å²) >= 11 is 1.89. The van der Waals surface area contributed by atoms with E-state index < -0.39 is 0 Å². The second-order valence-electron chi connectivity index (χ2n) is 4.65. The molecule has 16 heavy (non-hydrogen) atoms. The van der Waals surface area contributed by atoms with Crippen molar-refractivity contribution in [2.24, 2.45) is 5.92 Å². The Morgan fingerprint density at radius 3 is 2.69 bits per heavy atom. The smallest absolute Gasteiger partial charge is 0.203 e. The van der Waals surface area contributed by atoms with Crippen LogP contribution in [0, 0.1) is 12.8 Å². The summed E-state index contributed by atoms with van der Waals surface area (Å²) in [6.07, 6.45) is 4.25. The fraction of sp³-hybridized carbons (Fsp3) is 0.750. The molecule has 3 nitrogen and oxygen atoms in total. The van der Waals surface area contributed by atoms with Crippen LogP contribution in [0.3, 0.4) is 0 Å². The lowest BCUT2D eigenvalue weighted by Crippen LogP contribution is -2.16. The zero-order valence-electron chi connectivity index (χ0n) is 10.9. The van der Waals surface area contributed by atoms with E-state index in [1.54, 1.807) is 0 Å². The lowest BCUT2D eigenvalue weighted by Gasteiger charge is -2.15. The van der Waals surface area contributed by atoms with Crippen molar-refractivity contribution in [3.8, 4) is 0 Å². The van der Waals surface area contributed by atoms with Crippen LogP contribution in [0.25, 0.3) is 0 Å². The normalized spacial score (nSPS) is 13.1. The van der Waals surface area contributed by atoms with E-state index in [0.717, 1.165) is 18.2 Å². The summed E-state index contributed by atoms with van der Waals surface area (Å²) in [5.74, 6) is 2.86. The van der Waals surface area contributed by atoms with Crippen molar-refractivity contribution < 1.29 is 0 Å².